The van der Waals surface area contributed by atoms with Gasteiger partial charge in [0, 0.05) is 22.8 Å². The molecule has 0 heterocycles. The zero-order valence-electron chi connectivity index (χ0n) is 17.9. The second kappa shape index (κ2) is 17.7. The number of quaternary nitrogens is 1. The van der Waals surface area contributed by atoms with Gasteiger partial charge in [-0.25, -0.2) is 6.07 Å². The van der Waals surface area contributed by atoms with E-state index in [1.54, 1.807) is 5.56 Å². The van der Waals surface area contributed by atoms with E-state index in [1.807, 2.05) is 30.3 Å². The first-order chi connectivity index (χ1) is 12.1. The Hall–Kier alpha value is -0.341. The number of unbranched alkanes of at least 4 members (excludes halogenated alkanes) is 8. The molecular formula is C24H40BrFeN-6. The fraction of sp³-hybridized carbons (Fsp3) is 0.583. The second-order valence-corrected chi connectivity index (χ2v) is 7.99. The Labute approximate surface area is 190 Å². The molecule has 162 valence electrons. The van der Waals surface area contributed by atoms with E-state index >= 15 is 0 Å². The fourth-order valence-electron chi connectivity index (χ4n) is 3.26. The van der Waals surface area contributed by atoms with Crippen molar-refractivity contribution >= 4 is 5.69 Å². The molecule has 1 nitrogen and oxygen atoms in total. The van der Waals surface area contributed by atoms with Gasteiger partial charge in [0.15, 0.2) is 0 Å². The minimum atomic E-state index is 0. The van der Waals surface area contributed by atoms with Crippen molar-refractivity contribution in [3.8, 4) is 0 Å². The summed E-state index contributed by atoms with van der Waals surface area (Å²) in [6.45, 7) is 2.29. The molecule has 0 bridgehead atoms. The van der Waals surface area contributed by atoms with E-state index in [0.29, 0.717) is 0 Å². The SMILES string of the molecule is CCCCCCCCCCC[c-]1cccc1[N+](C)(C)C.[Br-].[Fe].[cH-]1[cH-][cH-][cH-][cH-]1. The molecule has 0 aliphatic heterocycles. The van der Waals surface area contributed by atoms with Crippen LogP contribution in [0.2, 0.25) is 0 Å². The molecule has 27 heavy (non-hydrogen) atoms. The van der Waals surface area contributed by atoms with Crippen molar-refractivity contribution in [3.05, 3.63) is 54.1 Å². The molecule has 2 aromatic carbocycles. The van der Waals surface area contributed by atoms with Crippen molar-refractivity contribution < 1.29 is 34.1 Å². The Bertz CT molecular complexity index is 494. The second-order valence-electron chi connectivity index (χ2n) is 7.99. The molecule has 0 N–H and O–H groups in total. The maximum atomic E-state index is 2.31. The molecule has 2 aromatic rings. The molecule has 0 saturated heterocycles. The molecule has 3 heteroatoms. The first kappa shape index (κ1) is 28.9. The van der Waals surface area contributed by atoms with E-state index in [4.69, 9.17) is 0 Å². The first-order valence-corrected chi connectivity index (χ1v) is 10.3. The summed E-state index contributed by atoms with van der Waals surface area (Å²) in [5, 5.41) is 0. The Morgan fingerprint density at radius 2 is 1.22 bits per heavy atom. The molecule has 0 aliphatic carbocycles. The maximum Gasteiger partial charge on any atom is 0.0707 e. The van der Waals surface area contributed by atoms with Gasteiger partial charge in [-0.15, -0.1) is 0 Å². The van der Waals surface area contributed by atoms with Crippen molar-refractivity contribution in [2.75, 3.05) is 21.1 Å². The quantitative estimate of drug-likeness (QED) is 0.198. The van der Waals surface area contributed by atoms with Crippen molar-refractivity contribution in [2.24, 2.45) is 0 Å². The van der Waals surface area contributed by atoms with Crippen molar-refractivity contribution in [1.29, 1.82) is 0 Å². The third-order valence-electron chi connectivity index (χ3n) is 4.71. The molecule has 0 aromatic heterocycles. The van der Waals surface area contributed by atoms with Crippen LogP contribution in [0, 0.1) is 0 Å². The Kier molecular flexibility index (Phi) is 19.0. The van der Waals surface area contributed by atoms with Gasteiger partial charge in [0.1, 0.15) is 0 Å². The maximum absolute atomic E-state index is 2.31. The normalized spacial score (nSPS) is 10.4. The third-order valence-corrected chi connectivity index (χ3v) is 4.71. The predicted molar refractivity (Wildman–Crippen MR) is 115 cm³/mol. The van der Waals surface area contributed by atoms with Crippen molar-refractivity contribution in [2.45, 2.75) is 71.1 Å². The molecule has 0 saturated carbocycles. The van der Waals surface area contributed by atoms with Crippen LogP contribution < -0.4 is 21.5 Å². The van der Waals surface area contributed by atoms with Crippen LogP contribution >= 0.6 is 0 Å². The summed E-state index contributed by atoms with van der Waals surface area (Å²) in [6.07, 6.45) is 14.0. The van der Waals surface area contributed by atoms with Crippen LogP contribution in [-0.2, 0) is 23.5 Å². The Morgan fingerprint density at radius 1 is 0.778 bits per heavy atom. The average molecular weight is 478 g/mol. The summed E-state index contributed by atoms with van der Waals surface area (Å²) >= 11 is 0. The number of halogens is 1. The van der Waals surface area contributed by atoms with Gasteiger partial charge in [0.2, 0.25) is 0 Å². The Balaban J connectivity index is 0. The summed E-state index contributed by atoms with van der Waals surface area (Å²) in [6, 6.07) is 16.8. The summed E-state index contributed by atoms with van der Waals surface area (Å²) in [7, 11) is 6.78. The summed E-state index contributed by atoms with van der Waals surface area (Å²) in [5.74, 6) is 0. The monoisotopic (exact) mass is 477 g/mol. The zero-order chi connectivity index (χ0) is 18.4. The predicted octanol–water partition coefficient (Wildman–Crippen LogP) is 4.08. The third kappa shape index (κ3) is 14.3. The van der Waals surface area contributed by atoms with Gasteiger partial charge in [-0.05, 0) is 0 Å². The number of rotatable bonds is 11. The van der Waals surface area contributed by atoms with Crippen LogP contribution in [0.15, 0.2) is 48.5 Å². The molecule has 0 aliphatic rings. The number of aryl methyl sites for hydroxylation is 1. The van der Waals surface area contributed by atoms with Crippen LogP contribution in [0.5, 0.6) is 0 Å². The van der Waals surface area contributed by atoms with E-state index in [1.165, 1.54) is 69.9 Å². The minimum Gasteiger partial charge on any atom is -1.00 e. The van der Waals surface area contributed by atoms with E-state index < -0.39 is 0 Å². The van der Waals surface area contributed by atoms with Crippen LogP contribution in [0.4, 0.5) is 5.69 Å². The smallest absolute Gasteiger partial charge is 0.0707 e. The first-order valence-electron chi connectivity index (χ1n) is 10.3. The van der Waals surface area contributed by atoms with Crippen molar-refractivity contribution in [1.82, 2.24) is 4.48 Å². The number of hydrogen-bond acceptors (Lipinski definition) is 0. The van der Waals surface area contributed by atoms with Gasteiger partial charge in [-0.2, -0.15) is 12.1 Å². The molecule has 0 atom stereocenters. The van der Waals surface area contributed by atoms with Crippen LogP contribution in [-0.4, -0.2) is 21.1 Å². The minimum absolute atomic E-state index is 0. The van der Waals surface area contributed by atoms with Gasteiger partial charge >= 0.3 is 0 Å². The summed E-state index contributed by atoms with van der Waals surface area (Å²) < 4.78 is 0.944. The molecule has 0 amide bonds. The Morgan fingerprint density at radius 3 is 1.67 bits per heavy atom. The van der Waals surface area contributed by atoms with Crippen LogP contribution in [0.1, 0.15) is 70.3 Å². The van der Waals surface area contributed by atoms with Gasteiger partial charge in [0.25, 0.3) is 0 Å². The molecule has 0 radical (unpaired) electrons. The fourth-order valence-corrected chi connectivity index (χ4v) is 3.26. The molecule has 2 rings (SSSR count). The van der Waals surface area contributed by atoms with Gasteiger partial charge in [-0.1, -0.05) is 76.7 Å². The van der Waals surface area contributed by atoms with Crippen molar-refractivity contribution in [3.63, 3.8) is 0 Å². The van der Waals surface area contributed by atoms with Gasteiger partial charge < -0.3 is 51.8 Å². The van der Waals surface area contributed by atoms with Crippen LogP contribution in [0.3, 0.4) is 0 Å². The number of hydrogen-bond donors (Lipinski definition) is 0. The number of nitrogens with zero attached hydrogens (tertiary/aromatic N) is 1. The van der Waals surface area contributed by atoms with E-state index in [0.717, 1.165) is 4.48 Å². The summed E-state index contributed by atoms with van der Waals surface area (Å²) in [5.41, 5.74) is 3.05. The topological polar surface area (TPSA) is 0 Å². The van der Waals surface area contributed by atoms with Gasteiger partial charge in [0.05, 0.1) is 21.1 Å². The van der Waals surface area contributed by atoms with Crippen LogP contribution in [0.25, 0.3) is 0 Å². The van der Waals surface area contributed by atoms with E-state index in [2.05, 4.69) is 46.3 Å². The average Bonchev–Trinajstić information content (AvgIpc) is 3.27. The van der Waals surface area contributed by atoms with Gasteiger partial charge in [-0.3, -0.25) is 0 Å². The molecular weight excluding hydrogens is 438 g/mol. The standard InChI is InChI=1S/C19H35N.C5H5.BrH.Fe/c1-5-6-7-8-9-10-11-12-13-15-18-16-14-17-19(18)20(2,3)4;1-2-4-5-3-1;;/h14,16-17H,5-13,15H2,1-4H3;1-5H;1H;/q;-5;;/p-1. The molecule has 0 fully saturated rings. The molecule has 0 unspecified atom stereocenters. The largest absolute Gasteiger partial charge is 1.00 e. The van der Waals surface area contributed by atoms with E-state index in [9.17, 15) is 0 Å². The summed E-state index contributed by atoms with van der Waals surface area (Å²) in [4.78, 5) is 0. The van der Waals surface area contributed by atoms with E-state index in [-0.39, 0.29) is 34.1 Å². The molecule has 0 spiro atoms. The zero-order valence-corrected chi connectivity index (χ0v) is 20.6.